The van der Waals surface area contributed by atoms with E-state index in [0.29, 0.717) is 23.9 Å². The van der Waals surface area contributed by atoms with E-state index >= 15 is 0 Å². The molecule has 1 atom stereocenters. The van der Waals surface area contributed by atoms with Gasteiger partial charge in [0.15, 0.2) is 0 Å². The molecule has 0 aromatic heterocycles. The number of ether oxygens (including phenoxy) is 1. The van der Waals surface area contributed by atoms with Crippen LogP contribution in [0.25, 0.3) is 0 Å². The van der Waals surface area contributed by atoms with E-state index in [1.807, 2.05) is 0 Å². The van der Waals surface area contributed by atoms with Gasteiger partial charge in [0.2, 0.25) is 11.8 Å². The number of likely N-dealkylation sites (tertiary alicyclic amines) is 1. The van der Waals surface area contributed by atoms with Crippen molar-refractivity contribution in [1.82, 2.24) is 4.90 Å². The summed E-state index contributed by atoms with van der Waals surface area (Å²) in [6, 6.07) is 5.20. The third-order valence-electron chi connectivity index (χ3n) is 3.77. The van der Waals surface area contributed by atoms with Gasteiger partial charge < -0.3 is 15.4 Å². The zero-order chi connectivity index (χ0) is 15.4. The van der Waals surface area contributed by atoms with Gasteiger partial charge in [-0.2, -0.15) is 0 Å². The van der Waals surface area contributed by atoms with Gasteiger partial charge in [-0.1, -0.05) is 17.7 Å². The van der Waals surface area contributed by atoms with Gasteiger partial charge in [-0.05, 0) is 25.0 Å². The number of carbonyl (C=O) groups excluding carboxylic acids is 2. The van der Waals surface area contributed by atoms with Crippen molar-refractivity contribution in [2.75, 3.05) is 20.2 Å². The fraction of sp³-hybridized carbons (Fsp3) is 0.467. The van der Waals surface area contributed by atoms with E-state index < -0.39 is 0 Å². The molecule has 0 unspecified atom stereocenters. The molecule has 2 rings (SSSR count). The van der Waals surface area contributed by atoms with Crippen LogP contribution in [0.3, 0.4) is 0 Å². The molecule has 1 aromatic rings. The normalized spacial score (nSPS) is 18.4. The number of nitrogens with two attached hydrogens (primary N) is 1. The lowest BCUT2D eigenvalue weighted by Crippen LogP contribution is -2.44. The summed E-state index contributed by atoms with van der Waals surface area (Å²) in [7, 11) is 1.55. The highest BCUT2D eigenvalue weighted by molar-refractivity contribution is 6.30. The van der Waals surface area contributed by atoms with Crippen LogP contribution in [0.1, 0.15) is 18.4 Å². The number of piperidine rings is 1. The van der Waals surface area contributed by atoms with Crippen molar-refractivity contribution >= 4 is 23.4 Å². The van der Waals surface area contributed by atoms with E-state index in [0.717, 1.165) is 18.4 Å². The van der Waals surface area contributed by atoms with E-state index in [-0.39, 0.29) is 24.2 Å². The minimum absolute atomic E-state index is 0.0263. The Bertz CT molecular complexity index is 548. The van der Waals surface area contributed by atoms with E-state index in [9.17, 15) is 9.59 Å². The third-order valence-corrected chi connectivity index (χ3v) is 4.00. The Labute approximate surface area is 129 Å². The molecule has 0 spiro atoms. The number of primary amides is 1. The predicted molar refractivity (Wildman–Crippen MR) is 80.2 cm³/mol. The average Bonchev–Trinajstić information content (AvgIpc) is 2.49. The molecule has 1 fully saturated rings. The first-order valence-electron chi connectivity index (χ1n) is 6.90. The van der Waals surface area contributed by atoms with Gasteiger partial charge in [0, 0.05) is 23.7 Å². The number of amides is 2. The summed E-state index contributed by atoms with van der Waals surface area (Å²) in [4.78, 5) is 25.3. The Morgan fingerprint density at radius 2 is 2.24 bits per heavy atom. The number of methoxy groups -OCH3 is 1. The van der Waals surface area contributed by atoms with Crippen LogP contribution in [-0.4, -0.2) is 36.9 Å². The molecule has 0 saturated carbocycles. The van der Waals surface area contributed by atoms with Crippen LogP contribution < -0.4 is 10.5 Å². The lowest BCUT2D eigenvalue weighted by molar-refractivity contribution is -0.134. The minimum atomic E-state index is -0.337. The fourth-order valence-electron chi connectivity index (χ4n) is 2.58. The highest BCUT2D eigenvalue weighted by Crippen LogP contribution is 2.25. The zero-order valence-corrected chi connectivity index (χ0v) is 12.7. The molecule has 1 aliphatic rings. The standard InChI is InChI=1S/C15H19ClN2O3/c1-21-13-8-12(16)5-4-10(13)7-14(19)18-6-2-3-11(9-18)15(17)20/h4-5,8,11H,2-3,6-7,9H2,1H3,(H2,17,20)/t11-/m0/s1. The maximum Gasteiger partial charge on any atom is 0.227 e. The van der Waals surface area contributed by atoms with Crippen LogP contribution in [0.2, 0.25) is 5.02 Å². The van der Waals surface area contributed by atoms with E-state index in [2.05, 4.69) is 0 Å². The molecule has 1 saturated heterocycles. The molecular weight excluding hydrogens is 292 g/mol. The number of carbonyl (C=O) groups is 2. The Kier molecular flexibility index (Phi) is 5.07. The highest BCUT2D eigenvalue weighted by Gasteiger charge is 2.27. The maximum atomic E-state index is 12.4. The molecular formula is C15H19ClN2O3. The van der Waals surface area contributed by atoms with Gasteiger partial charge >= 0.3 is 0 Å². The first-order chi connectivity index (χ1) is 10.0. The molecule has 114 valence electrons. The lowest BCUT2D eigenvalue weighted by Gasteiger charge is -2.31. The summed E-state index contributed by atoms with van der Waals surface area (Å²) in [6.45, 7) is 1.07. The van der Waals surface area contributed by atoms with Gasteiger partial charge in [-0.3, -0.25) is 9.59 Å². The molecule has 6 heteroatoms. The molecule has 2 amide bonds. The van der Waals surface area contributed by atoms with Gasteiger partial charge in [0.25, 0.3) is 0 Å². The van der Waals surface area contributed by atoms with Crippen molar-refractivity contribution in [1.29, 1.82) is 0 Å². The van der Waals surface area contributed by atoms with Gasteiger partial charge in [-0.25, -0.2) is 0 Å². The summed E-state index contributed by atoms with van der Waals surface area (Å²) in [5.41, 5.74) is 6.12. The fourth-order valence-corrected chi connectivity index (χ4v) is 2.74. The van der Waals surface area contributed by atoms with Crippen molar-refractivity contribution in [3.63, 3.8) is 0 Å². The minimum Gasteiger partial charge on any atom is -0.496 e. The molecule has 1 heterocycles. The SMILES string of the molecule is COc1cc(Cl)ccc1CC(=O)N1CCC[C@H](C(N)=O)C1. The molecule has 2 N–H and O–H groups in total. The Balaban J connectivity index is 2.06. The molecule has 0 bridgehead atoms. The molecule has 21 heavy (non-hydrogen) atoms. The van der Waals surface area contributed by atoms with Crippen molar-refractivity contribution in [3.8, 4) is 5.75 Å². The summed E-state index contributed by atoms with van der Waals surface area (Å²) < 4.78 is 5.24. The zero-order valence-electron chi connectivity index (χ0n) is 12.0. The molecule has 5 nitrogen and oxygen atoms in total. The van der Waals surface area contributed by atoms with Crippen LogP contribution in [-0.2, 0) is 16.0 Å². The van der Waals surface area contributed by atoms with Gasteiger partial charge in [-0.15, -0.1) is 0 Å². The van der Waals surface area contributed by atoms with Crippen LogP contribution >= 0.6 is 11.6 Å². The Morgan fingerprint density at radius 3 is 2.90 bits per heavy atom. The maximum absolute atomic E-state index is 12.4. The quantitative estimate of drug-likeness (QED) is 0.918. The van der Waals surface area contributed by atoms with Crippen LogP contribution in [0.5, 0.6) is 5.75 Å². The second-order valence-electron chi connectivity index (χ2n) is 5.21. The molecule has 0 radical (unpaired) electrons. The summed E-state index contributed by atoms with van der Waals surface area (Å²) in [5.74, 6) is -0.00716. The summed E-state index contributed by atoms with van der Waals surface area (Å²) in [6.07, 6.45) is 1.78. The van der Waals surface area contributed by atoms with E-state index in [1.54, 1.807) is 30.2 Å². The summed E-state index contributed by atoms with van der Waals surface area (Å²) >= 11 is 5.91. The third kappa shape index (κ3) is 3.88. The Morgan fingerprint density at radius 1 is 1.48 bits per heavy atom. The van der Waals surface area contributed by atoms with E-state index in [4.69, 9.17) is 22.1 Å². The predicted octanol–water partition coefficient (Wildman–Crippen LogP) is 1.61. The number of benzene rings is 1. The van der Waals surface area contributed by atoms with Crippen LogP contribution in [0.4, 0.5) is 0 Å². The van der Waals surface area contributed by atoms with Crippen molar-refractivity contribution in [3.05, 3.63) is 28.8 Å². The largest absolute Gasteiger partial charge is 0.496 e. The van der Waals surface area contributed by atoms with Crippen LogP contribution in [0.15, 0.2) is 18.2 Å². The lowest BCUT2D eigenvalue weighted by atomic mass is 9.97. The first-order valence-corrected chi connectivity index (χ1v) is 7.28. The number of hydrogen-bond acceptors (Lipinski definition) is 3. The number of nitrogens with zero attached hydrogens (tertiary/aromatic N) is 1. The monoisotopic (exact) mass is 310 g/mol. The van der Waals surface area contributed by atoms with Crippen molar-refractivity contribution < 1.29 is 14.3 Å². The van der Waals surface area contributed by atoms with Gasteiger partial charge in [0.05, 0.1) is 19.4 Å². The molecule has 1 aromatic carbocycles. The summed E-state index contributed by atoms with van der Waals surface area (Å²) in [5, 5.41) is 0.565. The molecule has 0 aliphatic carbocycles. The topological polar surface area (TPSA) is 72.6 Å². The van der Waals surface area contributed by atoms with Crippen molar-refractivity contribution in [2.24, 2.45) is 11.7 Å². The number of hydrogen-bond donors (Lipinski definition) is 1. The Hall–Kier alpha value is -1.75. The second-order valence-corrected chi connectivity index (χ2v) is 5.65. The second kappa shape index (κ2) is 6.80. The van der Waals surface area contributed by atoms with E-state index in [1.165, 1.54) is 0 Å². The van der Waals surface area contributed by atoms with Gasteiger partial charge in [0.1, 0.15) is 5.75 Å². The first kappa shape index (κ1) is 15.6. The highest BCUT2D eigenvalue weighted by atomic mass is 35.5. The number of halogens is 1. The van der Waals surface area contributed by atoms with Crippen LogP contribution in [0, 0.1) is 5.92 Å². The number of rotatable bonds is 4. The van der Waals surface area contributed by atoms with Crippen molar-refractivity contribution in [2.45, 2.75) is 19.3 Å². The average molecular weight is 311 g/mol. The smallest absolute Gasteiger partial charge is 0.227 e. The molecule has 1 aliphatic heterocycles.